The molecule has 4 N–H and O–H groups in total. The second kappa shape index (κ2) is 10.3. The Morgan fingerprint density at radius 3 is 2.25 bits per heavy atom. The average Bonchev–Trinajstić information content (AvgIpc) is 3.21. The molecule has 0 radical (unpaired) electrons. The molecule has 2 heterocycles. The monoisotopic (exact) mass is 440 g/mol. The summed E-state index contributed by atoms with van der Waals surface area (Å²) in [5.74, 6) is 0.940. The molecule has 8 heteroatoms. The largest absolute Gasteiger partial charge is 0.394 e. The molecule has 3 aromatic rings. The Labute approximate surface area is 189 Å². The molecule has 0 unspecified atom stereocenters. The Balaban J connectivity index is 2.29. The average molecular weight is 441 g/mol. The molecule has 0 spiro atoms. The third-order valence-corrected chi connectivity index (χ3v) is 5.69. The number of anilines is 1. The van der Waals surface area contributed by atoms with Crippen LogP contribution in [-0.2, 0) is 0 Å². The first-order valence-corrected chi connectivity index (χ1v) is 11.4. The van der Waals surface area contributed by atoms with Gasteiger partial charge in [0, 0.05) is 6.04 Å². The second-order valence-electron chi connectivity index (χ2n) is 9.13. The predicted octanol–water partition coefficient (Wildman–Crippen LogP) is 3.53. The van der Waals surface area contributed by atoms with Gasteiger partial charge in [-0.15, -0.1) is 0 Å². The van der Waals surface area contributed by atoms with Crippen LogP contribution in [0.4, 0.5) is 5.82 Å². The molecule has 1 aromatic carbocycles. The number of benzene rings is 1. The lowest BCUT2D eigenvalue weighted by Crippen LogP contribution is -2.32. The highest BCUT2D eigenvalue weighted by atomic mass is 16.3. The molecular weight excluding hydrogens is 404 g/mol. The Morgan fingerprint density at radius 1 is 1.03 bits per heavy atom. The van der Waals surface area contributed by atoms with Crippen LogP contribution in [0.1, 0.15) is 70.8 Å². The molecule has 0 saturated heterocycles. The van der Waals surface area contributed by atoms with Crippen molar-refractivity contribution in [2.45, 2.75) is 65.6 Å². The van der Waals surface area contributed by atoms with Crippen LogP contribution in [0.25, 0.3) is 11.0 Å². The first-order valence-electron chi connectivity index (χ1n) is 11.4. The van der Waals surface area contributed by atoms with E-state index in [0.717, 1.165) is 16.8 Å². The molecule has 174 valence electrons. The number of hydrogen-bond donors (Lipinski definition) is 4. The molecule has 0 aliphatic heterocycles. The van der Waals surface area contributed by atoms with Gasteiger partial charge >= 0.3 is 0 Å². The van der Waals surface area contributed by atoms with Crippen molar-refractivity contribution in [1.82, 2.24) is 19.7 Å². The van der Waals surface area contributed by atoms with E-state index in [4.69, 9.17) is 9.98 Å². The van der Waals surface area contributed by atoms with Crippen LogP contribution < -0.4 is 10.9 Å². The van der Waals surface area contributed by atoms with Crippen LogP contribution in [0.3, 0.4) is 0 Å². The van der Waals surface area contributed by atoms with E-state index in [1.807, 2.05) is 44.2 Å². The van der Waals surface area contributed by atoms with Crippen molar-refractivity contribution in [1.29, 1.82) is 0 Å². The van der Waals surface area contributed by atoms with E-state index in [1.54, 1.807) is 0 Å². The molecule has 0 bridgehead atoms. The van der Waals surface area contributed by atoms with E-state index in [1.165, 1.54) is 0 Å². The normalized spacial score (nSPS) is 14.7. The van der Waals surface area contributed by atoms with E-state index in [-0.39, 0.29) is 43.2 Å². The SMILES string of the molecule is CC(C)c1[nH]nc2c(N[C@H](CO)c3ccccc3)nc(=N[C@H](CO)C(C)C)n(C(C)C)c12. The molecule has 0 aliphatic rings. The molecule has 0 fully saturated rings. The first-order chi connectivity index (χ1) is 15.3. The molecule has 3 rings (SSSR count). The second-order valence-corrected chi connectivity index (χ2v) is 9.13. The Kier molecular flexibility index (Phi) is 7.69. The van der Waals surface area contributed by atoms with Gasteiger partial charge in [-0.25, -0.2) is 4.99 Å². The van der Waals surface area contributed by atoms with Crippen LogP contribution in [0, 0.1) is 5.92 Å². The zero-order valence-electron chi connectivity index (χ0n) is 19.9. The summed E-state index contributed by atoms with van der Waals surface area (Å²) in [5, 5.41) is 31.2. The third kappa shape index (κ3) is 4.86. The molecule has 0 amide bonds. The van der Waals surface area contributed by atoms with Crippen molar-refractivity contribution >= 4 is 16.9 Å². The number of aromatic nitrogens is 4. The van der Waals surface area contributed by atoms with Crippen molar-refractivity contribution in [3.05, 3.63) is 47.2 Å². The summed E-state index contributed by atoms with van der Waals surface area (Å²) < 4.78 is 2.08. The smallest absolute Gasteiger partial charge is 0.228 e. The zero-order chi connectivity index (χ0) is 23.4. The molecular formula is C24H36N6O2. The van der Waals surface area contributed by atoms with Gasteiger partial charge in [-0.1, -0.05) is 58.0 Å². The number of aromatic amines is 1. The van der Waals surface area contributed by atoms with Gasteiger partial charge in [-0.05, 0) is 31.2 Å². The van der Waals surface area contributed by atoms with Crippen molar-refractivity contribution in [2.75, 3.05) is 18.5 Å². The highest BCUT2D eigenvalue weighted by Gasteiger charge is 2.23. The summed E-state index contributed by atoms with van der Waals surface area (Å²) >= 11 is 0. The van der Waals surface area contributed by atoms with Gasteiger partial charge in [0.15, 0.2) is 11.3 Å². The van der Waals surface area contributed by atoms with Gasteiger partial charge < -0.3 is 20.1 Å². The van der Waals surface area contributed by atoms with Gasteiger partial charge in [0.05, 0.1) is 36.5 Å². The minimum Gasteiger partial charge on any atom is -0.394 e. The van der Waals surface area contributed by atoms with Gasteiger partial charge in [0.25, 0.3) is 0 Å². The fourth-order valence-electron chi connectivity index (χ4n) is 3.78. The van der Waals surface area contributed by atoms with Gasteiger partial charge in [-0.2, -0.15) is 10.1 Å². The fourth-order valence-corrected chi connectivity index (χ4v) is 3.78. The summed E-state index contributed by atoms with van der Waals surface area (Å²) in [7, 11) is 0. The number of rotatable bonds is 9. The lowest BCUT2D eigenvalue weighted by molar-refractivity contribution is 0.235. The van der Waals surface area contributed by atoms with Crippen molar-refractivity contribution in [3.63, 3.8) is 0 Å². The van der Waals surface area contributed by atoms with Gasteiger partial charge in [0.2, 0.25) is 5.62 Å². The quantitative estimate of drug-likeness (QED) is 0.407. The number of aliphatic hydroxyl groups excluding tert-OH is 2. The van der Waals surface area contributed by atoms with Crippen molar-refractivity contribution < 1.29 is 10.2 Å². The van der Waals surface area contributed by atoms with Crippen molar-refractivity contribution in [3.8, 4) is 0 Å². The number of aliphatic hydroxyl groups is 2. The minimum atomic E-state index is -0.340. The van der Waals surface area contributed by atoms with Crippen molar-refractivity contribution in [2.24, 2.45) is 10.9 Å². The van der Waals surface area contributed by atoms with E-state index in [9.17, 15) is 10.2 Å². The Bertz CT molecular complexity index is 1090. The number of nitrogens with one attached hydrogen (secondary N) is 2. The van der Waals surface area contributed by atoms with Crippen LogP contribution in [0.2, 0.25) is 0 Å². The third-order valence-electron chi connectivity index (χ3n) is 5.69. The maximum Gasteiger partial charge on any atom is 0.228 e. The lowest BCUT2D eigenvalue weighted by atomic mass is 10.1. The molecule has 0 aliphatic carbocycles. The van der Waals surface area contributed by atoms with Gasteiger partial charge in [-0.3, -0.25) is 5.10 Å². The molecule has 2 atom stereocenters. The number of nitrogens with zero attached hydrogens (tertiary/aromatic N) is 4. The Hall–Kier alpha value is -2.71. The van der Waals surface area contributed by atoms with E-state index in [0.29, 0.717) is 17.0 Å². The predicted molar refractivity (Wildman–Crippen MR) is 128 cm³/mol. The summed E-state index contributed by atoms with van der Waals surface area (Å²) in [6, 6.07) is 9.26. The molecule has 0 saturated carbocycles. The van der Waals surface area contributed by atoms with Crippen LogP contribution in [-0.4, -0.2) is 49.2 Å². The zero-order valence-corrected chi connectivity index (χ0v) is 19.9. The molecule has 8 nitrogen and oxygen atoms in total. The van der Waals surface area contributed by atoms with E-state index in [2.05, 4.69) is 47.8 Å². The maximum atomic E-state index is 10.1. The first kappa shape index (κ1) is 23.9. The number of hydrogen-bond acceptors (Lipinski definition) is 6. The highest BCUT2D eigenvalue weighted by Crippen LogP contribution is 2.29. The van der Waals surface area contributed by atoms with Crippen LogP contribution in [0.15, 0.2) is 35.3 Å². The van der Waals surface area contributed by atoms with Gasteiger partial charge in [0.1, 0.15) is 0 Å². The van der Waals surface area contributed by atoms with E-state index >= 15 is 0 Å². The van der Waals surface area contributed by atoms with E-state index < -0.39 is 0 Å². The summed E-state index contributed by atoms with van der Waals surface area (Å²) in [6.07, 6.45) is 0. The Morgan fingerprint density at radius 2 is 1.72 bits per heavy atom. The molecule has 2 aromatic heterocycles. The summed E-state index contributed by atoms with van der Waals surface area (Å²) in [5.41, 5.74) is 4.15. The fraction of sp³-hybridized carbons (Fsp3) is 0.542. The summed E-state index contributed by atoms with van der Waals surface area (Å²) in [6.45, 7) is 12.4. The number of H-pyrrole nitrogens is 1. The maximum absolute atomic E-state index is 10.1. The standard InChI is InChI=1S/C24H36N6O2/c1-14(2)18(12-31)26-24-27-23(25-19(13-32)17-10-8-7-9-11-17)21-22(30(24)16(5)6)20(15(3)4)28-29-21/h7-11,14-16,18-19,31-32H,12-13H2,1-6H3,(H,28,29)(H,25,26,27)/t18-,19-/m1/s1. The van der Waals surface area contributed by atoms with Crippen LogP contribution in [0.5, 0.6) is 0 Å². The lowest BCUT2D eigenvalue weighted by Gasteiger charge is -2.21. The van der Waals surface area contributed by atoms with Crippen LogP contribution >= 0.6 is 0 Å². The highest BCUT2D eigenvalue weighted by molar-refractivity contribution is 5.87. The number of fused-ring (bicyclic) bond motifs is 1. The molecule has 32 heavy (non-hydrogen) atoms. The summed E-state index contributed by atoms with van der Waals surface area (Å²) in [4.78, 5) is 9.71. The minimum absolute atomic E-state index is 0.0516. The topological polar surface area (TPSA) is 111 Å².